The number of nitrogens with zero attached hydrogens (tertiary/aromatic N) is 4. The number of hydrogen-bond acceptors (Lipinski definition) is 5. The lowest BCUT2D eigenvalue weighted by molar-refractivity contribution is 0.0615. The number of carbonyl (C=O) groups is 1. The van der Waals surface area contributed by atoms with Gasteiger partial charge in [0.2, 0.25) is 11.7 Å². The summed E-state index contributed by atoms with van der Waals surface area (Å²) in [4.78, 5) is 21.1. The molecule has 3 aromatic rings. The van der Waals surface area contributed by atoms with Crippen molar-refractivity contribution < 1.29 is 9.32 Å². The number of piperazine rings is 1. The molecule has 1 saturated heterocycles. The van der Waals surface area contributed by atoms with Gasteiger partial charge in [0.05, 0.1) is 6.54 Å². The minimum absolute atomic E-state index is 0.0920. The van der Waals surface area contributed by atoms with Gasteiger partial charge in [0.15, 0.2) is 0 Å². The Hall–Kier alpha value is -2.99. The molecular weight excluding hydrogens is 328 g/mol. The van der Waals surface area contributed by atoms with Crippen LogP contribution in [-0.2, 0) is 6.54 Å². The maximum atomic E-state index is 12.5. The van der Waals surface area contributed by atoms with Crippen LogP contribution in [-0.4, -0.2) is 52.0 Å². The lowest BCUT2D eigenvalue weighted by atomic mass is 10.2. The van der Waals surface area contributed by atoms with E-state index in [9.17, 15) is 4.79 Å². The van der Waals surface area contributed by atoms with Crippen molar-refractivity contribution in [3.63, 3.8) is 0 Å². The molecule has 2 aromatic carbocycles. The summed E-state index contributed by atoms with van der Waals surface area (Å²) in [6, 6.07) is 19.2. The monoisotopic (exact) mass is 348 g/mol. The molecule has 0 unspecified atom stereocenters. The van der Waals surface area contributed by atoms with Crippen LogP contribution in [0.3, 0.4) is 0 Å². The number of rotatable bonds is 4. The summed E-state index contributed by atoms with van der Waals surface area (Å²) in [6.45, 7) is 3.59. The Morgan fingerprint density at radius 3 is 2.27 bits per heavy atom. The van der Waals surface area contributed by atoms with E-state index in [1.54, 1.807) is 0 Å². The summed E-state index contributed by atoms with van der Waals surface area (Å²) in [6.07, 6.45) is 0. The lowest BCUT2D eigenvalue weighted by Gasteiger charge is -2.34. The van der Waals surface area contributed by atoms with E-state index in [1.165, 1.54) is 0 Å². The predicted octanol–water partition coefficient (Wildman–Crippen LogP) is 2.69. The van der Waals surface area contributed by atoms with Gasteiger partial charge in [-0.25, -0.2) is 0 Å². The SMILES string of the molecule is O=C(c1ccccc1)N1CCN(Cc2nc(-c3ccccc3)no2)CC1. The third-order valence-electron chi connectivity index (χ3n) is 4.54. The first kappa shape index (κ1) is 16.5. The van der Waals surface area contributed by atoms with E-state index in [2.05, 4.69) is 15.0 Å². The number of benzene rings is 2. The van der Waals surface area contributed by atoms with Crippen LogP contribution >= 0.6 is 0 Å². The molecule has 2 heterocycles. The first-order valence-electron chi connectivity index (χ1n) is 8.74. The van der Waals surface area contributed by atoms with Crippen molar-refractivity contribution in [3.8, 4) is 11.4 Å². The molecule has 1 aromatic heterocycles. The standard InChI is InChI=1S/C20H20N4O2/c25-20(17-9-5-2-6-10-17)24-13-11-23(12-14-24)15-18-21-19(22-26-18)16-7-3-1-4-8-16/h1-10H,11-15H2. The van der Waals surface area contributed by atoms with E-state index in [-0.39, 0.29) is 5.91 Å². The van der Waals surface area contributed by atoms with Gasteiger partial charge in [-0.05, 0) is 12.1 Å². The molecule has 1 amide bonds. The fourth-order valence-electron chi connectivity index (χ4n) is 3.09. The van der Waals surface area contributed by atoms with Crippen LogP contribution in [0.25, 0.3) is 11.4 Å². The molecule has 132 valence electrons. The van der Waals surface area contributed by atoms with E-state index in [4.69, 9.17) is 4.52 Å². The molecule has 0 atom stereocenters. The normalized spacial score (nSPS) is 15.2. The second-order valence-electron chi connectivity index (χ2n) is 6.31. The fourth-order valence-corrected chi connectivity index (χ4v) is 3.09. The molecule has 0 spiro atoms. The average molecular weight is 348 g/mol. The Morgan fingerprint density at radius 1 is 0.923 bits per heavy atom. The van der Waals surface area contributed by atoms with Gasteiger partial charge in [-0.1, -0.05) is 53.7 Å². The van der Waals surface area contributed by atoms with E-state index in [0.717, 1.165) is 24.2 Å². The van der Waals surface area contributed by atoms with Crippen LogP contribution < -0.4 is 0 Å². The Kier molecular flexibility index (Phi) is 4.75. The highest BCUT2D eigenvalue weighted by molar-refractivity contribution is 5.94. The first-order valence-corrected chi connectivity index (χ1v) is 8.74. The maximum Gasteiger partial charge on any atom is 0.253 e. The van der Waals surface area contributed by atoms with Crippen LogP contribution in [0.4, 0.5) is 0 Å². The second kappa shape index (κ2) is 7.49. The fraction of sp³-hybridized carbons (Fsp3) is 0.250. The van der Waals surface area contributed by atoms with E-state index < -0.39 is 0 Å². The highest BCUT2D eigenvalue weighted by atomic mass is 16.5. The Balaban J connectivity index is 1.33. The molecule has 0 aliphatic carbocycles. The third kappa shape index (κ3) is 3.65. The Bertz CT molecular complexity index is 856. The smallest absolute Gasteiger partial charge is 0.253 e. The number of amides is 1. The summed E-state index contributed by atoms with van der Waals surface area (Å²) in [5.41, 5.74) is 1.69. The quantitative estimate of drug-likeness (QED) is 0.725. The Labute approximate surface area is 152 Å². The zero-order valence-corrected chi connectivity index (χ0v) is 14.4. The van der Waals surface area contributed by atoms with Crippen LogP contribution in [0.5, 0.6) is 0 Å². The van der Waals surface area contributed by atoms with Crippen LogP contribution in [0.1, 0.15) is 16.2 Å². The molecule has 6 nitrogen and oxygen atoms in total. The molecule has 0 bridgehead atoms. The molecule has 0 saturated carbocycles. The van der Waals surface area contributed by atoms with Crippen molar-refractivity contribution in [1.29, 1.82) is 0 Å². The number of carbonyl (C=O) groups excluding carboxylic acids is 1. The number of aromatic nitrogens is 2. The zero-order chi connectivity index (χ0) is 17.8. The van der Waals surface area contributed by atoms with E-state index in [1.807, 2.05) is 65.6 Å². The minimum atomic E-state index is 0.0920. The highest BCUT2D eigenvalue weighted by Gasteiger charge is 2.23. The molecule has 1 fully saturated rings. The third-order valence-corrected chi connectivity index (χ3v) is 4.54. The maximum absolute atomic E-state index is 12.5. The Morgan fingerprint density at radius 2 is 1.58 bits per heavy atom. The van der Waals surface area contributed by atoms with Crippen molar-refractivity contribution in [2.45, 2.75) is 6.54 Å². The lowest BCUT2D eigenvalue weighted by Crippen LogP contribution is -2.48. The summed E-state index contributed by atoms with van der Waals surface area (Å²) in [7, 11) is 0. The van der Waals surface area contributed by atoms with Crippen LogP contribution in [0.15, 0.2) is 65.2 Å². The predicted molar refractivity (Wildman–Crippen MR) is 97.4 cm³/mol. The zero-order valence-electron chi connectivity index (χ0n) is 14.4. The van der Waals surface area contributed by atoms with Gasteiger partial charge in [0.1, 0.15) is 0 Å². The summed E-state index contributed by atoms with van der Waals surface area (Å²) >= 11 is 0. The summed E-state index contributed by atoms with van der Waals surface area (Å²) in [5, 5.41) is 4.06. The van der Waals surface area contributed by atoms with Crippen molar-refractivity contribution in [2.75, 3.05) is 26.2 Å². The molecule has 0 N–H and O–H groups in total. The van der Waals surface area contributed by atoms with Crippen LogP contribution in [0.2, 0.25) is 0 Å². The summed E-state index contributed by atoms with van der Waals surface area (Å²) < 4.78 is 5.38. The van der Waals surface area contributed by atoms with Gasteiger partial charge in [-0.15, -0.1) is 0 Å². The molecule has 4 rings (SSSR count). The second-order valence-corrected chi connectivity index (χ2v) is 6.31. The van der Waals surface area contributed by atoms with Crippen LogP contribution in [0, 0.1) is 0 Å². The molecular formula is C20H20N4O2. The molecule has 1 aliphatic heterocycles. The average Bonchev–Trinajstić information content (AvgIpc) is 3.18. The van der Waals surface area contributed by atoms with Gasteiger partial charge in [-0.3, -0.25) is 9.69 Å². The van der Waals surface area contributed by atoms with E-state index >= 15 is 0 Å². The van der Waals surface area contributed by atoms with Crippen molar-refractivity contribution in [3.05, 3.63) is 72.1 Å². The van der Waals surface area contributed by atoms with E-state index in [0.29, 0.717) is 31.3 Å². The van der Waals surface area contributed by atoms with Gasteiger partial charge in [0, 0.05) is 37.3 Å². The van der Waals surface area contributed by atoms with Gasteiger partial charge < -0.3 is 9.42 Å². The van der Waals surface area contributed by atoms with Crippen molar-refractivity contribution >= 4 is 5.91 Å². The molecule has 26 heavy (non-hydrogen) atoms. The molecule has 6 heteroatoms. The van der Waals surface area contributed by atoms with Gasteiger partial charge in [-0.2, -0.15) is 4.98 Å². The van der Waals surface area contributed by atoms with Crippen molar-refractivity contribution in [1.82, 2.24) is 19.9 Å². The highest BCUT2D eigenvalue weighted by Crippen LogP contribution is 2.16. The summed E-state index contributed by atoms with van der Waals surface area (Å²) in [5.74, 6) is 1.31. The molecule has 1 aliphatic rings. The van der Waals surface area contributed by atoms with Crippen molar-refractivity contribution in [2.24, 2.45) is 0 Å². The molecule has 0 radical (unpaired) electrons. The number of hydrogen-bond donors (Lipinski definition) is 0. The first-order chi connectivity index (χ1) is 12.8. The topological polar surface area (TPSA) is 62.5 Å². The largest absolute Gasteiger partial charge is 0.338 e. The minimum Gasteiger partial charge on any atom is -0.338 e. The van der Waals surface area contributed by atoms with Gasteiger partial charge in [0.25, 0.3) is 5.91 Å². The van der Waals surface area contributed by atoms with Gasteiger partial charge >= 0.3 is 0 Å².